The number of rotatable bonds is 6. The Hall–Kier alpha value is -0.970. The molecule has 0 radical (unpaired) electrons. The molecule has 0 saturated carbocycles. The van der Waals surface area contributed by atoms with Crippen LogP contribution in [0, 0.1) is 5.41 Å². The summed E-state index contributed by atoms with van der Waals surface area (Å²) >= 11 is 2.19. The van der Waals surface area contributed by atoms with Crippen LogP contribution in [0.2, 0.25) is 0 Å². The number of halogens is 1. The summed E-state index contributed by atoms with van der Waals surface area (Å²) in [7, 11) is 0. The predicted octanol–water partition coefficient (Wildman–Crippen LogP) is 4.75. The number of nitrogens with one attached hydrogen (secondary N) is 1. The second-order valence-electron chi connectivity index (χ2n) is 6.57. The van der Waals surface area contributed by atoms with Gasteiger partial charge in [-0.25, -0.2) is 0 Å². The average Bonchev–Trinajstić information content (AvgIpc) is 2.88. The Bertz CT molecular complexity index is 692. The van der Waals surface area contributed by atoms with Crippen LogP contribution in [0.1, 0.15) is 18.9 Å². The van der Waals surface area contributed by atoms with Crippen molar-refractivity contribution in [3.05, 3.63) is 60.2 Å². The van der Waals surface area contributed by atoms with Crippen LogP contribution >= 0.6 is 28.5 Å². The topological polar surface area (TPSA) is 38.3 Å². The first-order chi connectivity index (χ1) is 11.6. The summed E-state index contributed by atoms with van der Waals surface area (Å²) in [5.41, 5.74) is 3.30. The van der Waals surface area contributed by atoms with E-state index in [0.29, 0.717) is 13.1 Å². The van der Waals surface area contributed by atoms with Crippen LogP contribution in [0.25, 0.3) is 11.1 Å². The zero-order valence-corrected chi connectivity index (χ0v) is 16.7. The van der Waals surface area contributed by atoms with E-state index in [1.165, 1.54) is 16.7 Å². The standard InChI is InChI=1S/C19H21INO2P/c1-19(13-23-24-20)12-17(21-18(19)22)11-14-7-9-16(10-8-14)15-5-3-2-4-6-15/h2-10,17,24H,11-13H2,1H3,(H,21,22)/t17-,19+/m1/s1. The van der Waals surface area contributed by atoms with Crippen LogP contribution in [0.5, 0.6) is 0 Å². The molecule has 126 valence electrons. The number of hydrogen-bond donors (Lipinski definition) is 1. The van der Waals surface area contributed by atoms with Gasteiger partial charge in [0.25, 0.3) is 0 Å². The molecule has 3 rings (SSSR count). The lowest BCUT2D eigenvalue weighted by Crippen LogP contribution is -2.33. The van der Waals surface area contributed by atoms with Gasteiger partial charge in [0.15, 0.2) is 0 Å². The van der Waals surface area contributed by atoms with E-state index in [2.05, 4.69) is 75.9 Å². The van der Waals surface area contributed by atoms with Crippen molar-refractivity contribution in [1.29, 1.82) is 0 Å². The van der Waals surface area contributed by atoms with E-state index >= 15 is 0 Å². The Morgan fingerprint density at radius 3 is 2.50 bits per heavy atom. The number of hydrogen-bond acceptors (Lipinski definition) is 2. The maximum Gasteiger partial charge on any atom is 0.228 e. The van der Waals surface area contributed by atoms with Crippen LogP contribution in [0.4, 0.5) is 0 Å². The van der Waals surface area contributed by atoms with E-state index in [-0.39, 0.29) is 11.9 Å². The highest BCUT2D eigenvalue weighted by Crippen LogP contribution is 2.35. The minimum Gasteiger partial charge on any atom is -0.352 e. The molecule has 0 aromatic heterocycles. The number of amides is 1. The third kappa shape index (κ3) is 4.16. The molecule has 1 amide bonds. The molecule has 0 spiro atoms. The van der Waals surface area contributed by atoms with Gasteiger partial charge < -0.3 is 9.84 Å². The predicted molar refractivity (Wildman–Crippen MR) is 109 cm³/mol. The number of carbonyl (C=O) groups is 1. The first kappa shape index (κ1) is 17.8. The van der Waals surface area contributed by atoms with Crippen molar-refractivity contribution in [3.63, 3.8) is 0 Å². The lowest BCUT2D eigenvalue weighted by Gasteiger charge is -2.19. The number of benzene rings is 2. The van der Waals surface area contributed by atoms with E-state index in [1.807, 2.05) is 13.0 Å². The van der Waals surface area contributed by atoms with Gasteiger partial charge in [-0.05, 0) is 58.5 Å². The molecule has 0 bridgehead atoms. The maximum absolute atomic E-state index is 12.3. The van der Waals surface area contributed by atoms with Crippen molar-refractivity contribution < 1.29 is 9.32 Å². The van der Waals surface area contributed by atoms with Crippen molar-refractivity contribution >= 4 is 34.4 Å². The highest BCUT2D eigenvalue weighted by molar-refractivity contribution is 14.2. The van der Waals surface area contributed by atoms with Gasteiger partial charge >= 0.3 is 0 Å². The normalized spacial score (nSPS) is 23.8. The van der Waals surface area contributed by atoms with Crippen LogP contribution in [0.3, 0.4) is 0 Å². The van der Waals surface area contributed by atoms with E-state index in [4.69, 9.17) is 4.52 Å². The first-order valence-corrected chi connectivity index (χ1v) is 12.1. The molecule has 5 heteroatoms. The molecule has 3 nitrogen and oxygen atoms in total. The summed E-state index contributed by atoms with van der Waals surface area (Å²) in [4.78, 5) is 12.3. The van der Waals surface area contributed by atoms with Crippen molar-refractivity contribution in [2.75, 3.05) is 6.61 Å². The summed E-state index contributed by atoms with van der Waals surface area (Å²) in [6, 6.07) is 19.2. The Labute approximate surface area is 157 Å². The summed E-state index contributed by atoms with van der Waals surface area (Å²) in [5.74, 6) is 0.114. The zero-order valence-electron chi connectivity index (χ0n) is 13.6. The molecule has 1 fully saturated rings. The van der Waals surface area contributed by atoms with E-state index in [0.717, 1.165) is 12.8 Å². The Morgan fingerprint density at radius 2 is 1.83 bits per heavy atom. The summed E-state index contributed by atoms with van der Waals surface area (Å²) in [5, 5.41) is 3.13. The third-order valence-corrected chi connectivity index (χ3v) is 5.76. The Morgan fingerprint density at radius 1 is 1.17 bits per heavy atom. The molecule has 1 saturated heterocycles. The molecular weight excluding hydrogens is 432 g/mol. The smallest absolute Gasteiger partial charge is 0.228 e. The molecule has 1 unspecified atom stereocenters. The van der Waals surface area contributed by atoms with Gasteiger partial charge in [0, 0.05) is 6.04 Å². The van der Waals surface area contributed by atoms with Crippen molar-refractivity contribution in [3.8, 4) is 11.1 Å². The molecule has 1 aliphatic heterocycles. The zero-order chi connectivity index (χ0) is 17.0. The van der Waals surface area contributed by atoms with Crippen molar-refractivity contribution in [1.82, 2.24) is 5.32 Å². The Kier molecular flexibility index (Phi) is 5.90. The second-order valence-corrected chi connectivity index (χ2v) is 8.33. The van der Waals surface area contributed by atoms with Gasteiger partial charge in [0.1, 0.15) is 0 Å². The summed E-state index contributed by atoms with van der Waals surface area (Å²) < 4.78 is 5.51. The monoisotopic (exact) mass is 453 g/mol. The Balaban J connectivity index is 1.64. The quantitative estimate of drug-likeness (QED) is 0.507. The highest BCUT2D eigenvalue weighted by atomic mass is 127. The SMILES string of the molecule is C[C@@]1(COPI)C[C@@H](Cc2ccc(-c3ccccc3)cc2)NC1=O. The molecule has 2 aromatic carbocycles. The van der Waals surface area contributed by atoms with Gasteiger partial charge in [0.2, 0.25) is 5.91 Å². The fourth-order valence-electron chi connectivity index (χ4n) is 3.23. The fraction of sp³-hybridized carbons (Fsp3) is 0.316. The second kappa shape index (κ2) is 7.94. The van der Waals surface area contributed by atoms with E-state index in [1.54, 1.807) is 0 Å². The summed E-state index contributed by atoms with van der Waals surface area (Å²) in [6.07, 6.45) is 1.69. The van der Waals surface area contributed by atoms with E-state index in [9.17, 15) is 4.79 Å². The third-order valence-electron chi connectivity index (χ3n) is 4.57. The molecule has 1 heterocycles. The van der Waals surface area contributed by atoms with Gasteiger partial charge in [0.05, 0.1) is 18.5 Å². The first-order valence-electron chi connectivity index (χ1n) is 8.03. The molecule has 2 aromatic rings. The molecule has 24 heavy (non-hydrogen) atoms. The van der Waals surface area contributed by atoms with E-state index < -0.39 is 5.41 Å². The van der Waals surface area contributed by atoms with Crippen molar-refractivity contribution in [2.24, 2.45) is 5.41 Å². The minimum absolute atomic E-state index is 0.114. The van der Waals surface area contributed by atoms with Gasteiger partial charge in [-0.1, -0.05) is 54.6 Å². The van der Waals surface area contributed by atoms with Crippen LogP contribution in [0.15, 0.2) is 54.6 Å². The van der Waals surface area contributed by atoms with Gasteiger partial charge in [-0.2, -0.15) is 0 Å². The fourth-order valence-corrected chi connectivity index (χ4v) is 4.07. The molecule has 0 aliphatic carbocycles. The maximum atomic E-state index is 12.3. The largest absolute Gasteiger partial charge is 0.352 e. The highest BCUT2D eigenvalue weighted by Gasteiger charge is 2.43. The lowest BCUT2D eigenvalue weighted by atomic mass is 9.87. The molecule has 3 atom stereocenters. The van der Waals surface area contributed by atoms with Gasteiger partial charge in [-0.3, -0.25) is 4.79 Å². The van der Waals surface area contributed by atoms with Crippen LogP contribution in [-0.2, 0) is 15.7 Å². The van der Waals surface area contributed by atoms with Crippen molar-refractivity contribution in [2.45, 2.75) is 25.8 Å². The average molecular weight is 453 g/mol. The number of carbonyl (C=O) groups excluding carboxylic acids is 1. The molecular formula is C19H21INO2P. The molecule has 1 aliphatic rings. The summed E-state index contributed by atoms with van der Waals surface area (Å²) in [6.45, 7) is 2.90. The van der Waals surface area contributed by atoms with Gasteiger partial charge in [-0.15, -0.1) is 0 Å². The minimum atomic E-state index is -0.396. The van der Waals surface area contributed by atoms with Crippen LogP contribution in [-0.4, -0.2) is 18.6 Å². The van der Waals surface area contributed by atoms with Crippen LogP contribution < -0.4 is 5.32 Å². The lowest BCUT2D eigenvalue weighted by molar-refractivity contribution is -0.128. The molecule has 1 N–H and O–H groups in total.